The zero-order valence-corrected chi connectivity index (χ0v) is 11.1. The van der Waals surface area contributed by atoms with E-state index < -0.39 is 11.8 Å². The number of carboxylic acids is 1. The predicted molar refractivity (Wildman–Crippen MR) is 74.2 cm³/mol. The Labute approximate surface area is 113 Å². The molecule has 0 fully saturated rings. The van der Waals surface area contributed by atoms with Crippen LogP contribution in [-0.2, 0) is 6.54 Å². The quantitative estimate of drug-likeness (QED) is 0.845. The molecule has 2 aromatic rings. The molecule has 1 heterocycles. The van der Waals surface area contributed by atoms with Gasteiger partial charge in [0.2, 0.25) is 0 Å². The second-order valence-corrected chi connectivity index (χ2v) is 5.13. The molecular weight excluding hydrogens is 267 g/mol. The maximum absolute atomic E-state index is 13.4. The average Bonchev–Trinajstić information content (AvgIpc) is 2.84. The van der Waals surface area contributed by atoms with Crippen LogP contribution in [0.3, 0.4) is 0 Å². The predicted octanol–water partition coefficient (Wildman–Crippen LogP) is 2.80. The summed E-state index contributed by atoms with van der Waals surface area (Å²) in [6.07, 6.45) is 0. The van der Waals surface area contributed by atoms with Gasteiger partial charge in [-0.1, -0.05) is 6.07 Å². The van der Waals surface area contributed by atoms with Crippen molar-refractivity contribution in [2.75, 3.05) is 17.7 Å². The molecule has 0 spiro atoms. The van der Waals surface area contributed by atoms with Gasteiger partial charge >= 0.3 is 5.97 Å². The molecule has 6 heteroatoms. The molecule has 0 aliphatic heterocycles. The van der Waals surface area contributed by atoms with E-state index >= 15 is 0 Å². The number of rotatable bonds is 4. The summed E-state index contributed by atoms with van der Waals surface area (Å²) in [6, 6.07) is 6.49. The van der Waals surface area contributed by atoms with Crippen molar-refractivity contribution < 1.29 is 14.3 Å². The topological polar surface area (TPSA) is 66.6 Å². The first kappa shape index (κ1) is 13.4. The Hall–Kier alpha value is -2.08. The Morgan fingerprint density at radius 3 is 2.79 bits per heavy atom. The molecule has 19 heavy (non-hydrogen) atoms. The highest BCUT2D eigenvalue weighted by Gasteiger charge is 2.20. The van der Waals surface area contributed by atoms with E-state index in [0.717, 1.165) is 4.88 Å². The van der Waals surface area contributed by atoms with E-state index in [9.17, 15) is 14.3 Å². The summed E-state index contributed by atoms with van der Waals surface area (Å²) < 4.78 is 13.4. The minimum atomic E-state index is -1.23. The minimum absolute atomic E-state index is 0.195. The zero-order chi connectivity index (χ0) is 14.0. The van der Waals surface area contributed by atoms with Crippen LogP contribution in [0, 0.1) is 5.82 Å². The summed E-state index contributed by atoms with van der Waals surface area (Å²) in [5.41, 5.74) is 5.39. The Kier molecular flexibility index (Phi) is 3.71. The van der Waals surface area contributed by atoms with E-state index in [2.05, 4.69) is 0 Å². The first-order valence-electron chi connectivity index (χ1n) is 5.55. The smallest absolute Gasteiger partial charge is 0.340 e. The minimum Gasteiger partial charge on any atom is -0.478 e. The fourth-order valence-corrected chi connectivity index (χ4v) is 2.60. The molecule has 0 atom stereocenters. The van der Waals surface area contributed by atoms with Gasteiger partial charge in [0, 0.05) is 11.9 Å². The molecule has 1 aromatic carbocycles. The third-order valence-corrected chi connectivity index (χ3v) is 3.63. The Morgan fingerprint density at radius 1 is 1.47 bits per heavy atom. The van der Waals surface area contributed by atoms with Gasteiger partial charge in [0.15, 0.2) is 0 Å². The van der Waals surface area contributed by atoms with Gasteiger partial charge < -0.3 is 15.7 Å². The van der Waals surface area contributed by atoms with Crippen LogP contribution in [-0.4, -0.2) is 18.1 Å². The maximum Gasteiger partial charge on any atom is 0.340 e. The van der Waals surface area contributed by atoms with Crippen LogP contribution in [0.25, 0.3) is 0 Å². The van der Waals surface area contributed by atoms with Crippen LogP contribution in [0.1, 0.15) is 15.2 Å². The third kappa shape index (κ3) is 2.68. The number of thiophene rings is 1. The monoisotopic (exact) mass is 280 g/mol. The summed E-state index contributed by atoms with van der Waals surface area (Å²) in [6.45, 7) is 0.545. The molecule has 0 aliphatic rings. The highest BCUT2D eigenvalue weighted by atomic mass is 32.1. The van der Waals surface area contributed by atoms with Gasteiger partial charge in [-0.15, -0.1) is 11.3 Å². The van der Waals surface area contributed by atoms with Gasteiger partial charge in [0.1, 0.15) is 11.4 Å². The standard InChI is InChI=1S/C13H13FN2O2S/c1-16(7-8-3-2-6-19-8)10-5-4-9(14)12(15)11(10)13(17)18/h2-6H,7,15H2,1H3,(H,17,18). The Morgan fingerprint density at radius 2 is 2.21 bits per heavy atom. The molecule has 0 saturated carbocycles. The van der Waals surface area contributed by atoms with Crippen LogP contribution in [0.2, 0.25) is 0 Å². The summed E-state index contributed by atoms with van der Waals surface area (Å²) in [5, 5.41) is 11.1. The van der Waals surface area contributed by atoms with E-state index in [1.807, 2.05) is 17.5 Å². The lowest BCUT2D eigenvalue weighted by atomic mass is 10.1. The van der Waals surface area contributed by atoms with Gasteiger partial charge in [-0.05, 0) is 23.6 Å². The molecule has 0 radical (unpaired) electrons. The van der Waals surface area contributed by atoms with Crippen LogP contribution in [0.15, 0.2) is 29.6 Å². The highest BCUT2D eigenvalue weighted by molar-refractivity contribution is 7.09. The Bertz CT molecular complexity index is 599. The largest absolute Gasteiger partial charge is 0.478 e. The van der Waals surface area contributed by atoms with Crippen molar-refractivity contribution in [3.8, 4) is 0 Å². The lowest BCUT2D eigenvalue weighted by Gasteiger charge is -2.21. The first-order chi connectivity index (χ1) is 9.00. The molecular formula is C13H13FN2O2S. The second-order valence-electron chi connectivity index (χ2n) is 4.10. The number of hydrogen-bond donors (Lipinski definition) is 2. The highest BCUT2D eigenvalue weighted by Crippen LogP contribution is 2.29. The van der Waals surface area contributed by atoms with Crippen molar-refractivity contribution in [2.24, 2.45) is 0 Å². The maximum atomic E-state index is 13.4. The average molecular weight is 280 g/mol. The third-order valence-electron chi connectivity index (χ3n) is 2.77. The lowest BCUT2D eigenvalue weighted by Crippen LogP contribution is -2.20. The van der Waals surface area contributed by atoms with Crippen molar-refractivity contribution in [3.05, 3.63) is 45.9 Å². The number of hydrogen-bond acceptors (Lipinski definition) is 4. The second kappa shape index (κ2) is 5.27. The summed E-state index contributed by atoms with van der Waals surface area (Å²) >= 11 is 1.57. The SMILES string of the molecule is CN(Cc1cccs1)c1ccc(F)c(N)c1C(=O)O. The first-order valence-corrected chi connectivity index (χ1v) is 6.43. The number of aromatic carboxylic acids is 1. The normalized spacial score (nSPS) is 10.4. The van der Waals surface area contributed by atoms with Crippen molar-refractivity contribution in [1.29, 1.82) is 0 Å². The molecule has 1 aromatic heterocycles. The van der Waals surface area contributed by atoms with Crippen LogP contribution < -0.4 is 10.6 Å². The number of nitrogen functional groups attached to an aromatic ring is 1. The van der Waals surface area contributed by atoms with E-state index in [-0.39, 0.29) is 11.3 Å². The van der Waals surface area contributed by atoms with Gasteiger partial charge in [0.25, 0.3) is 0 Å². The summed E-state index contributed by atoms with van der Waals surface area (Å²) in [4.78, 5) is 14.1. The van der Waals surface area contributed by atoms with Gasteiger partial charge in [-0.2, -0.15) is 0 Å². The number of carbonyl (C=O) groups is 1. The van der Waals surface area contributed by atoms with E-state index in [1.165, 1.54) is 12.1 Å². The summed E-state index contributed by atoms with van der Waals surface area (Å²) in [5.74, 6) is -1.95. The molecule has 0 aliphatic carbocycles. The fourth-order valence-electron chi connectivity index (χ4n) is 1.85. The van der Waals surface area contributed by atoms with Gasteiger partial charge in [0.05, 0.1) is 17.9 Å². The van der Waals surface area contributed by atoms with Gasteiger partial charge in [-0.3, -0.25) is 0 Å². The van der Waals surface area contributed by atoms with Crippen molar-refractivity contribution in [2.45, 2.75) is 6.54 Å². The molecule has 0 unspecified atom stereocenters. The number of anilines is 2. The Balaban J connectivity index is 2.38. The fraction of sp³-hybridized carbons (Fsp3) is 0.154. The number of nitrogens with two attached hydrogens (primary N) is 1. The number of carboxylic acid groups (broad SMARTS) is 1. The summed E-state index contributed by atoms with van der Waals surface area (Å²) in [7, 11) is 1.75. The van der Waals surface area contributed by atoms with E-state index in [0.29, 0.717) is 12.2 Å². The van der Waals surface area contributed by atoms with E-state index in [4.69, 9.17) is 5.73 Å². The van der Waals surface area contributed by atoms with Crippen LogP contribution >= 0.6 is 11.3 Å². The molecule has 4 nitrogen and oxygen atoms in total. The zero-order valence-electron chi connectivity index (χ0n) is 10.3. The molecule has 0 amide bonds. The van der Waals surface area contributed by atoms with Crippen LogP contribution in [0.4, 0.5) is 15.8 Å². The van der Waals surface area contributed by atoms with Crippen molar-refractivity contribution in [3.63, 3.8) is 0 Å². The number of halogens is 1. The van der Waals surface area contributed by atoms with Crippen molar-refractivity contribution >= 4 is 28.7 Å². The molecule has 0 bridgehead atoms. The van der Waals surface area contributed by atoms with Gasteiger partial charge in [-0.25, -0.2) is 9.18 Å². The van der Waals surface area contributed by atoms with Crippen molar-refractivity contribution in [1.82, 2.24) is 0 Å². The molecule has 2 rings (SSSR count). The number of nitrogens with zero attached hydrogens (tertiary/aromatic N) is 1. The molecule has 3 N–H and O–H groups in total. The number of benzene rings is 1. The molecule has 100 valence electrons. The lowest BCUT2D eigenvalue weighted by molar-refractivity contribution is 0.0698. The van der Waals surface area contributed by atoms with E-state index in [1.54, 1.807) is 23.3 Å². The van der Waals surface area contributed by atoms with Crippen LogP contribution in [0.5, 0.6) is 0 Å². The molecule has 0 saturated heterocycles.